The van der Waals surface area contributed by atoms with E-state index < -0.39 is 0 Å². The van der Waals surface area contributed by atoms with Gasteiger partial charge in [0.2, 0.25) is 0 Å². The average Bonchev–Trinajstić information content (AvgIpc) is 2.89. The summed E-state index contributed by atoms with van der Waals surface area (Å²) in [5, 5.41) is 11.1. The first-order chi connectivity index (χ1) is 12.5. The fraction of sp³-hybridized carbons (Fsp3) is 0.474. The fourth-order valence-electron chi connectivity index (χ4n) is 2.83. The first-order valence-corrected chi connectivity index (χ1v) is 8.64. The summed E-state index contributed by atoms with van der Waals surface area (Å²) in [5.41, 5.74) is 4.58. The molecule has 0 radical (unpaired) electrons. The number of nitrogens with one attached hydrogen (secondary N) is 2. The number of ether oxygens (including phenoxy) is 2. The molecular formula is C19H30IN5O2. The summed E-state index contributed by atoms with van der Waals surface area (Å²) >= 11 is 0. The van der Waals surface area contributed by atoms with E-state index in [2.05, 4.69) is 27.6 Å². The predicted octanol–water partition coefficient (Wildman–Crippen LogP) is 2.58. The number of guanidine groups is 1. The molecule has 0 saturated carbocycles. The summed E-state index contributed by atoms with van der Waals surface area (Å²) in [6.45, 7) is 5.56. The van der Waals surface area contributed by atoms with Gasteiger partial charge >= 0.3 is 0 Å². The second-order valence-electron chi connectivity index (χ2n) is 6.06. The molecular weight excluding hydrogens is 457 g/mol. The summed E-state index contributed by atoms with van der Waals surface area (Å²) in [7, 11) is 7.02. The maximum absolute atomic E-state index is 5.35. The number of hydrogen-bond donors (Lipinski definition) is 2. The van der Waals surface area contributed by atoms with Crippen molar-refractivity contribution in [1.29, 1.82) is 0 Å². The first kappa shape index (κ1) is 23.1. The molecule has 27 heavy (non-hydrogen) atoms. The molecule has 0 unspecified atom stereocenters. The molecule has 1 heterocycles. The molecule has 0 spiro atoms. The van der Waals surface area contributed by atoms with E-state index in [9.17, 15) is 0 Å². The Morgan fingerprint density at radius 3 is 2.41 bits per heavy atom. The molecule has 1 aromatic heterocycles. The van der Waals surface area contributed by atoms with Crippen molar-refractivity contribution in [2.24, 2.45) is 12.0 Å². The van der Waals surface area contributed by atoms with Gasteiger partial charge in [0.15, 0.2) is 17.5 Å². The second-order valence-corrected chi connectivity index (χ2v) is 6.06. The summed E-state index contributed by atoms with van der Waals surface area (Å²) in [4.78, 5) is 4.28. The van der Waals surface area contributed by atoms with Gasteiger partial charge in [-0.1, -0.05) is 6.07 Å². The minimum atomic E-state index is 0. The zero-order valence-electron chi connectivity index (χ0n) is 16.9. The van der Waals surface area contributed by atoms with E-state index in [4.69, 9.17) is 9.47 Å². The van der Waals surface area contributed by atoms with Crippen LogP contribution in [0.3, 0.4) is 0 Å². The highest BCUT2D eigenvalue weighted by Crippen LogP contribution is 2.27. The van der Waals surface area contributed by atoms with E-state index in [1.807, 2.05) is 36.9 Å². The number of aromatic nitrogens is 2. The van der Waals surface area contributed by atoms with Gasteiger partial charge in [-0.25, -0.2) is 0 Å². The minimum Gasteiger partial charge on any atom is -0.493 e. The van der Waals surface area contributed by atoms with E-state index in [1.165, 1.54) is 11.1 Å². The maximum Gasteiger partial charge on any atom is 0.191 e. The van der Waals surface area contributed by atoms with E-state index in [-0.39, 0.29) is 24.0 Å². The Hall–Kier alpha value is -1.97. The van der Waals surface area contributed by atoms with Gasteiger partial charge in [-0.05, 0) is 38.0 Å². The molecule has 2 aromatic rings. The Bertz CT molecular complexity index is 774. The zero-order valence-corrected chi connectivity index (χ0v) is 19.3. The van der Waals surface area contributed by atoms with Crippen LogP contribution in [-0.2, 0) is 20.0 Å². The number of rotatable bonds is 7. The summed E-state index contributed by atoms with van der Waals surface area (Å²) in [5.74, 6) is 2.26. The zero-order chi connectivity index (χ0) is 19.1. The van der Waals surface area contributed by atoms with Gasteiger partial charge < -0.3 is 20.1 Å². The van der Waals surface area contributed by atoms with Crippen LogP contribution < -0.4 is 20.1 Å². The molecule has 0 bridgehead atoms. The van der Waals surface area contributed by atoms with Crippen molar-refractivity contribution in [3.8, 4) is 11.5 Å². The van der Waals surface area contributed by atoms with Crippen LogP contribution >= 0.6 is 24.0 Å². The molecule has 8 heteroatoms. The fourth-order valence-corrected chi connectivity index (χ4v) is 2.83. The molecule has 0 atom stereocenters. The molecule has 2 N–H and O–H groups in total. The highest BCUT2D eigenvalue weighted by Gasteiger charge is 2.10. The van der Waals surface area contributed by atoms with E-state index in [0.717, 1.165) is 41.8 Å². The number of aryl methyl sites for hydroxylation is 2. The van der Waals surface area contributed by atoms with Crippen LogP contribution in [-0.4, -0.2) is 43.6 Å². The number of aliphatic imine (C=N–C) groups is 1. The van der Waals surface area contributed by atoms with Crippen LogP contribution in [0.5, 0.6) is 11.5 Å². The molecule has 0 fully saturated rings. The first-order valence-electron chi connectivity index (χ1n) is 8.64. The van der Waals surface area contributed by atoms with Crippen molar-refractivity contribution in [1.82, 2.24) is 20.4 Å². The Labute approximate surface area is 178 Å². The molecule has 0 aliphatic heterocycles. The number of halogens is 1. The monoisotopic (exact) mass is 487 g/mol. The summed E-state index contributed by atoms with van der Waals surface area (Å²) in [6, 6.07) is 5.97. The molecule has 7 nitrogen and oxygen atoms in total. The normalized spacial score (nSPS) is 11.0. The largest absolute Gasteiger partial charge is 0.493 e. The molecule has 150 valence electrons. The van der Waals surface area contributed by atoms with Gasteiger partial charge in [0, 0.05) is 38.4 Å². The van der Waals surface area contributed by atoms with Crippen LogP contribution in [0.25, 0.3) is 0 Å². The molecule has 0 aliphatic carbocycles. The standard InChI is InChI=1S/C19H29N5O2.HI/c1-13-16(14(2)24(4)23-13)12-22-19(20-3)21-10-9-15-7-8-17(25-5)18(11-15)26-6;/h7-8,11H,9-10,12H2,1-6H3,(H2,20,21,22);1H. The van der Waals surface area contributed by atoms with Crippen LogP contribution in [0.2, 0.25) is 0 Å². The van der Waals surface area contributed by atoms with Gasteiger partial charge in [-0.3, -0.25) is 9.67 Å². The average molecular weight is 487 g/mol. The highest BCUT2D eigenvalue weighted by molar-refractivity contribution is 14.0. The van der Waals surface area contributed by atoms with E-state index in [0.29, 0.717) is 6.54 Å². The summed E-state index contributed by atoms with van der Waals surface area (Å²) in [6.07, 6.45) is 0.853. The van der Waals surface area contributed by atoms with Crippen LogP contribution in [0.15, 0.2) is 23.2 Å². The molecule has 0 amide bonds. The Balaban J connectivity index is 0.00000364. The lowest BCUT2D eigenvalue weighted by atomic mass is 10.1. The topological polar surface area (TPSA) is 72.7 Å². The van der Waals surface area contributed by atoms with E-state index >= 15 is 0 Å². The van der Waals surface area contributed by atoms with Gasteiger partial charge in [-0.2, -0.15) is 5.10 Å². The molecule has 1 aromatic carbocycles. The van der Waals surface area contributed by atoms with Crippen molar-refractivity contribution < 1.29 is 9.47 Å². The molecule has 0 aliphatic rings. The SMILES string of the molecule is CN=C(NCCc1ccc(OC)c(OC)c1)NCc1c(C)nn(C)c1C.I. The lowest BCUT2D eigenvalue weighted by Gasteiger charge is -2.13. The van der Waals surface area contributed by atoms with Crippen molar-refractivity contribution >= 4 is 29.9 Å². The number of hydrogen-bond acceptors (Lipinski definition) is 4. The van der Waals surface area contributed by atoms with Crippen molar-refractivity contribution in [2.75, 3.05) is 27.8 Å². The smallest absolute Gasteiger partial charge is 0.191 e. The van der Waals surface area contributed by atoms with Crippen LogP contribution in [0.4, 0.5) is 0 Å². The Kier molecular flexibility index (Phi) is 9.40. The van der Waals surface area contributed by atoms with Crippen molar-refractivity contribution in [3.05, 3.63) is 40.7 Å². The quantitative estimate of drug-likeness (QED) is 0.357. The minimum absolute atomic E-state index is 0. The van der Waals surface area contributed by atoms with Gasteiger partial charge in [0.1, 0.15) is 0 Å². The van der Waals surface area contributed by atoms with Gasteiger partial charge in [-0.15, -0.1) is 24.0 Å². The van der Waals surface area contributed by atoms with Crippen molar-refractivity contribution in [2.45, 2.75) is 26.8 Å². The highest BCUT2D eigenvalue weighted by atomic mass is 127. The number of benzene rings is 1. The summed E-state index contributed by atoms with van der Waals surface area (Å²) < 4.78 is 12.5. The van der Waals surface area contributed by atoms with E-state index in [1.54, 1.807) is 21.3 Å². The lowest BCUT2D eigenvalue weighted by molar-refractivity contribution is 0.354. The van der Waals surface area contributed by atoms with Crippen LogP contribution in [0, 0.1) is 13.8 Å². The third kappa shape index (κ3) is 6.02. The second kappa shape index (κ2) is 11.0. The molecule has 2 rings (SSSR count). The number of methoxy groups -OCH3 is 2. The maximum atomic E-state index is 5.35. The van der Waals surface area contributed by atoms with Gasteiger partial charge in [0.25, 0.3) is 0 Å². The van der Waals surface area contributed by atoms with Crippen molar-refractivity contribution in [3.63, 3.8) is 0 Å². The van der Waals surface area contributed by atoms with Crippen LogP contribution in [0.1, 0.15) is 22.5 Å². The Morgan fingerprint density at radius 2 is 1.85 bits per heavy atom. The number of nitrogens with zero attached hydrogens (tertiary/aromatic N) is 3. The Morgan fingerprint density at radius 1 is 1.15 bits per heavy atom. The molecule has 0 saturated heterocycles. The third-order valence-electron chi connectivity index (χ3n) is 4.47. The lowest BCUT2D eigenvalue weighted by Crippen LogP contribution is -2.38. The predicted molar refractivity (Wildman–Crippen MR) is 120 cm³/mol. The van der Waals surface area contributed by atoms with Gasteiger partial charge in [0.05, 0.1) is 19.9 Å². The third-order valence-corrected chi connectivity index (χ3v) is 4.47.